The second kappa shape index (κ2) is 6.30. The molecule has 94 valence electrons. The molecule has 2 rings (SSSR count). The zero-order valence-electron chi connectivity index (χ0n) is 10.9. The summed E-state index contributed by atoms with van der Waals surface area (Å²) in [6, 6.07) is 0.795. The lowest BCUT2D eigenvalue weighted by Crippen LogP contribution is -2.45. The molecule has 1 saturated carbocycles. The normalized spacial score (nSPS) is 37.5. The fourth-order valence-corrected chi connectivity index (χ4v) is 4.54. The van der Waals surface area contributed by atoms with Crippen LogP contribution in [0, 0.1) is 17.8 Å². The van der Waals surface area contributed by atoms with E-state index in [0.29, 0.717) is 0 Å². The highest BCUT2D eigenvalue weighted by Gasteiger charge is 2.27. The Labute approximate surface area is 105 Å². The van der Waals surface area contributed by atoms with Crippen LogP contribution in [0.3, 0.4) is 0 Å². The fourth-order valence-electron chi connectivity index (χ4n) is 3.34. The lowest BCUT2D eigenvalue weighted by atomic mass is 9.78. The Balaban J connectivity index is 1.74. The molecule has 1 nitrogen and oxygen atoms in total. The van der Waals surface area contributed by atoms with Crippen molar-refractivity contribution in [2.45, 2.75) is 52.0 Å². The van der Waals surface area contributed by atoms with Gasteiger partial charge in [-0.25, -0.2) is 0 Å². The van der Waals surface area contributed by atoms with Crippen LogP contribution in [0.4, 0.5) is 0 Å². The van der Waals surface area contributed by atoms with Crippen molar-refractivity contribution >= 4 is 11.8 Å². The van der Waals surface area contributed by atoms with Gasteiger partial charge in [0.2, 0.25) is 0 Å². The van der Waals surface area contributed by atoms with Crippen LogP contribution in [0.2, 0.25) is 0 Å². The van der Waals surface area contributed by atoms with Gasteiger partial charge in [-0.1, -0.05) is 20.3 Å². The van der Waals surface area contributed by atoms with Crippen molar-refractivity contribution in [2.24, 2.45) is 17.8 Å². The number of rotatable bonds is 3. The zero-order chi connectivity index (χ0) is 11.4. The molecule has 0 aromatic rings. The molecule has 2 atom stereocenters. The minimum atomic E-state index is 0.795. The number of nitrogens with one attached hydrogen (secondary N) is 1. The van der Waals surface area contributed by atoms with Crippen LogP contribution in [-0.2, 0) is 0 Å². The third-order valence-electron chi connectivity index (χ3n) is 4.53. The Kier molecular flexibility index (Phi) is 5.02. The molecule has 2 heteroatoms. The van der Waals surface area contributed by atoms with E-state index in [-0.39, 0.29) is 0 Å². The van der Waals surface area contributed by atoms with Crippen LogP contribution in [0.5, 0.6) is 0 Å². The fraction of sp³-hybridized carbons (Fsp3) is 1.00. The molecule has 1 aliphatic heterocycles. The van der Waals surface area contributed by atoms with Crippen LogP contribution < -0.4 is 5.32 Å². The molecule has 1 aliphatic carbocycles. The summed E-state index contributed by atoms with van der Waals surface area (Å²) >= 11 is 2.13. The third kappa shape index (κ3) is 3.40. The molecule has 0 aromatic heterocycles. The van der Waals surface area contributed by atoms with Crippen molar-refractivity contribution < 1.29 is 0 Å². The highest BCUT2D eigenvalue weighted by molar-refractivity contribution is 7.99. The maximum absolute atomic E-state index is 3.88. The maximum Gasteiger partial charge on any atom is 0.0118 e. The molecular formula is C14H27NS. The van der Waals surface area contributed by atoms with Crippen molar-refractivity contribution in [2.75, 3.05) is 18.1 Å². The second-order valence-electron chi connectivity index (χ2n) is 5.88. The molecule has 1 N–H and O–H groups in total. The summed E-state index contributed by atoms with van der Waals surface area (Å²) in [5.41, 5.74) is 0. The molecule has 2 fully saturated rings. The van der Waals surface area contributed by atoms with Gasteiger partial charge in [0.1, 0.15) is 0 Å². The molecule has 1 saturated heterocycles. The van der Waals surface area contributed by atoms with E-state index in [9.17, 15) is 0 Å². The zero-order valence-corrected chi connectivity index (χ0v) is 11.7. The van der Waals surface area contributed by atoms with Gasteiger partial charge in [-0.3, -0.25) is 0 Å². The van der Waals surface area contributed by atoms with Gasteiger partial charge >= 0.3 is 0 Å². The van der Waals surface area contributed by atoms with Gasteiger partial charge in [-0.15, -0.1) is 0 Å². The summed E-state index contributed by atoms with van der Waals surface area (Å²) in [5.74, 6) is 5.52. The van der Waals surface area contributed by atoms with Crippen molar-refractivity contribution in [3.8, 4) is 0 Å². The summed E-state index contributed by atoms with van der Waals surface area (Å²) in [7, 11) is 0. The van der Waals surface area contributed by atoms with Crippen molar-refractivity contribution in [1.29, 1.82) is 0 Å². The summed E-state index contributed by atoms with van der Waals surface area (Å²) in [6.45, 7) is 6.15. The Morgan fingerprint density at radius 2 is 1.62 bits per heavy atom. The summed E-state index contributed by atoms with van der Waals surface area (Å²) in [4.78, 5) is 0. The first-order valence-electron chi connectivity index (χ1n) is 7.08. The van der Waals surface area contributed by atoms with Gasteiger partial charge in [0, 0.05) is 6.04 Å². The predicted octanol–water partition coefficient (Wildman–Crippen LogP) is 3.54. The van der Waals surface area contributed by atoms with Crippen LogP contribution in [0.25, 0.3) is 0 Å². The van der Waals surface area contributed by atoms with Crippen molar-refractivity contribution in [3.63, 3.8) is 0 Å². The summed E-state index contributed by atoms with van der Waals surface area (Å²) in [5, 5.41) is 3.88. The van der Waals surface area contributed by atoms with Crippen LogP contribution >= 0.6 is 11.8 Å². The predicted molar refractivity (Wildman–Crippen MR) is 74.0 cm³/mol. The molecule has 16 heavy (non-hydrogen) atoms. The first-order valence-corrected chi connectivity index (χ1v) is 8.24. The van der Waals surface area contributed by atoms with Gasteiger partial charge in [0.15, 0.2) is 0 Å². The first-order chi connectivity index (χ1) is 7.77. The van der Waals surface area contributed by atoms with E-state index in [2.05, 4.69) is 30.9 Å². The van der Waals surface area contributed by atoms with E-state index in [1.165, 1.54) is 50.2 Å². The SMILES string of the molecule is CC1CCCC(C)C1NCC1CCSCC1. The third-order valence-corrected chi connectivity index (χ3v) is 5.58. The first kappa shape index (κ1) is 12.8. The highest BCUT2D eigenvalue weighted by Crippen LogP contribution is 2.29. The van der Waals surface area contributed by atoms with E-state index in [1.807, 2.05) is 0 Å². The van der Waals surface area contributed by atoms with E-state index in [1.54, 1.807) is 0 Å². The average Bonchev–Trinajstić information content (AvgIpc) is 2.30. The lowest BCUT2D eigenvalue weighted by molar-refractivity contribution is 0.200. The minimum Gasteiger partial charge on any atom is -0.313 e. The quantitative estimate of drug-likeness (QED) is 0.811. The van der Waals surface area contributed by atoms with Gasteiger partial charge in [0.25, 0.3) is 0 Å². The van der Waals surface area contributed by atoms with Gasteiger partial charge in [0.05, 0.1) is 0 Å². The van der Waals surface area contributed by atoms with Crippen molar-refractivity contribution in [3.05, 3.63) is 0 Å². The van der Waals surface area contributed by atoms with E-state index in [4.69, 9.17) is 0 Å². The monoisotopic (exact) mass is 241 g/mol. The van der Waals surface area contributed by atoms with E-state index in [0.717, 1.165) is 23.8 Å². The maximum atomic E-state index is 3.88. The Morgan fingerprint density at radius 3 is 2.25 bits per heavy atom. The van der Waals surface area contributed by atoms with Crippen molar-refractivity contribution in [1.82, 2.24) is 5.32 Å². The Hall–Kier alpha value is 0.310. The highest BCUT2D eigenvalue weighted by atomic mass is 32.2. The topological polar surface area (TPSA) is 12.0 Å². The molecule has 0 amide bonds. The van der Waals surface area contributed by atoms with E-state index >= 15 is 0 Å². The van der Waals surface area contributed by atoms with E-state index < -0.39 is 0 Å². The smallest absolute Gasteiger partial charge is 0.0118 e. The number of hydrogen-bond donors (Lipinski definition) is 1. The summed E-state index contributed by atoms with van der Waals surface area (Å²) < 4.78 is 0. The van der Waals surface area contributed by atoms with Crippen LogP contribution in [0.1, 0.15) is 46.0 Å². The van der Waals surface area contributed by atoms with Crippen LogP contribution in [-0.4, -0.2) is 24.1 Å². The Morgan fingerprint density at radius 1 is 1.00 bits per heavy atom. The molecule has 0 bridgehead atoms. The molecule has 0 spiro atoms. The summed E-state index contributed by atoms with van der Waals surface area (Å²) in [6.07, 6.45) is 7.19. The molecule has 2 unspecified atom stereocenters. The molecule has 1 heterocycles. The van der Waals surface area contributed by atoms with Crippen LogP contribution in [0.15, 0.2) is 0 Å². The second-order valence-corrected chi connectivity index (χ2v) is 7.10. The van der Waals surface area contributed by atoms with Gasteiger partial charge < -0.3 is 5.32 Å². The lowest BCUT2D eigenvalue weighted by Gasteiger charge is -2.36. The molecular weight excluding hydrogens is 214 g/mol. The molecule has 0 aromatic carbocycles. The number of thioether (sulfide) groups is 1. The Bertz CT molecular complexity index is 191. The molecule has 2 aliphatic rings. The molecule has 0 radical (unpaired) electrons. The van der Waals surface area contributed by atoms with Gasteiger partial charge in [-0.05, 0) is 61.5 Å². The standard InChI is InChI=1S/C14H27NS/c1-11-4-3-5-12(2)14(11)15-10-13-6-8-16-9-7-13/h11-15H,3-10H2,1-2H3. The van der Waals surface area contributed by atoms with Gasteiger partial charge in [-0.2, -0.15) is 11.8 Å². The minimum absolute atomic E-state index is 0.795. The average molecular weight is 241 g/mol. The number of hydrogen-bond acceptors (Lipinski definition) is 2. The largest absolute Gasteiger partial charge is 0.313 e.